The van der Waals surface area contributed by atoms with Crippen LogP contribution in [0, 0.1) is 11.3 Å². The summed E-state index contributed by atoms with van der Waals surface area (Å²) in [7, 11) is -3.16. The van der Waals surface area contributed by atoms with Gasteiger partial charge in [0.1, 0.15) is 11.9 Å². The molecular weight excluding hydrogens is 414 g/mol. The number of amides is 1. The molecule has 1 aliphatic heterocycles. The molecule has 1 amide bonds. The SMILES string of the molecule is CS(=O)(=O)c1ccc(OCCCC2CC3(CCN(C(=O)OC4CCCC4)CC3)C2)cc1. The van der Waals surface area contributed by atoms with E-state index in [0.717, 1.165) is 57.5 Å². The molecule has 3 fully saturated rings. The Bertz CT molecular complexity index is 844. The van der Waals surface area contributed by atoms with E-state index in [9.17, 15) is 13.2 Å². The molecule has 4 rings (SSSR count). The van der Waals surface area contributed by atoms with E-state index in [1.807, 2.05) is 4.90 Å². The average molecular weight is 450 g/mol. The van der Waals surface area contributed by atoms with Crippen LogP contribution in [-0.2, 0) is 14.6 Å². The van der Waals surface area contributed by atoms with Crippen LogP contribution >= 0.6 is 0 Å². The summed E-state index contributed by atoms with van der Waals surface area (Å²) in [6, 6.07) is 6.63. The minimum Gasteiger partial charge on any atom is -0.494 e. The fourth-order valence-electron chi connectivity index (χ4n) is 5.51. The molecule has 0 unspecified atom stereocenters. The second-order valence-corrected chi connectivity index (χ2v) is 11.8. The average Bonchev–Trinajstić information content (AvgIpc) is 3.23. The highest BCUT2D eigenvalue weighted by Crippen LogP contribution is 2.54. The van der Waals surface area contributed by atoms with Crippen molar-refractivity contribution in [3.8, 4) is 5.75 Å². The summed E-state index contributed by atoms with van der Waals surface area (Å²) in [6.45, 7) is 2.33. The molecular formula is C24H35NO5S. The first kappa shape index (κ1) is 22.4. The quantitative estimate of drug-likeness (QED) is 0.558. The molecule has 3 aliphatic rings. The molecule has 2 aliphatic carbocycles. The van der Waals surface area contributed by atoms with E-state index in [1.54, 1.807) is 24.3 Å². The lowest BCUT2D eigenvalue weighted by atomic mass is 9.56. The van der Waals surface area contributed by atoms with Crippen molar-refractivity contribution >= 4 is 15.9 Å². The van der Waals surface area contributed by atoms with Gasteiger partial charge in [-0.15, -0.1) is 0 Å². The Labute approximate surface area is 186 Å². The predicted octanol–water partition coefficient (Wildman–Crippen LogP) is 4.82. The molecule has 31 heavy (non-hydrogen) atoms. The van der Waals surface area contributed by atoms with E-state index in [0.29, 0.717) is 22.7 Å². The maximum atomic E-state index is 12.4. The molecule has 1 aromatic rings. The minimum atomic E-state index is -3.16. The van der Waals surface area contributed by atoms with Crippen LogP contribution in [0.2, 0.25) is 0 Å². The third kappa shape index (κ3) is 5.73. The molecule has 0 N–H and O–H groups in total. The number of benzene rings is 1. The maximum absolute atomic E-state index is 12.4. The van der Waals surface area contributed by atoms with E-state index in [2.05, 4.69) is 0 Å². The second-order valence-electron chi connectivity index (χ2n) is 9.79. The van der Waals surface area contributed by atoms with Crippen molar-refractivity contribution < 1.29 is 22.7 Å². The van der Waals surface area contributed by atoms with Gasteiger partial charge in [0.2, 0.25) is 0 Å². The molecule has 1 spiro atoms. The summed E-state index contributed by atoms with van der Waals surface area (Å²) in [5.41, 5.74) is 0.442. The number of piperidine rings is 1. The van der Waals surface area contributed by atoms with E-state index in [4.69, 9.17) is 9.47 Å². The fourth-order valence-corrected chi connectivity index (χ4v) is 6.14. The van der Waals surface area contributed by atoms with Crippen LogP contribution in [0.15, 0.2) is 29.2 Å². The molecule has 0 radical (unpaired) electrons. The molecule has 6 nitrogen and oxygen atoms in total. The first-order chi connectivity index (χ1) is 14.8. The predicted molar refractivity (Wildman–Crippen MR) is 119 cm³/mol. The van der Waals surface area contributed by atoms with Crippen LogP contribution in [0.4, 0.5) is 4.79 Å². The van der Waals surface area contributed by atoms with Gasteiger partial charge in [-0.25, -0.2) is 13.2 Å². The summed E-state index contributed by atoms with van der Waals surface area (Å²) in [4.78, 5) is 14.6. The lowest BCUT2D eigenvalue weighted by molar-refractivity contribution is -0.0218. The normalized spacial score (nSPS) is 21.8. The Morgan fingerprint density at radius 3 is 2.35 bits per heavy atom. The molecule has 1 saturated heterocycles. The van der Waals surface area contributed by atoms with Crippen LogP contribution in [0.5, 0.6) is 5.75 Å². The van der Waals surface area contributed by atoms with Gasteiger partial charge >= 0.3 is 6.09 Å². The van der Waals surface area contributed by atoms with E-state index >= 15 is 0 Å². The van der Waals surface area contributed by atoms with Crippen molar-refractivity contribution in [2.75, 3.05) is 26.0 Å². The van der Waals surface area contributed by atoms with Gasteiger partial charge in [0.15, 0.2) is 9.84 Å². The van der Waals surface area contributed by atoms with Crippen LogP contribution in [0.1, 0.15) is 64.2 Å². The smallest absolute Gasteiger partial charge is 0.410 e. The summed E-state index contributed by atoms with van der Waals surface area (Å²) in [5.74, 6) is 1.47. The van der Waals surface area contributed by atoms with Crippen molar-refractivity contribution in [2.24, 2.45) is 11.3 Å². The lowest BCUT2D eigenvalue weighted by Crippen LogP contribution is -2.49. The van der Waals surface area contributed by atoms with Crippen LogP contribution in [-0.4, -0.2) is 51.5 Å². The zero-order valence-corrected chi connectivity index (χ0v) is 19.4. The number of rotatable bonds is 7. The van der Waals surface area contributed by atoms with Crippen molar-refractivity contribution in [1.29, 1.82) is 0 Å². The molecule has 1 heterocycles. The van der Waals surface area contributed by atoms with Crippen molar-refractivity contribution in [1.82, 2.24) is 4.90 Å². The molecule has 7 heteroatoms. The second kappa shape index (κ2) is 9.39. The van der Waals surface area contributed by atoms with Gasteiger partial charge in [0, 0.05) is 19.3 Å². The first-order valence-corrected chi connectivity index (χ1v) is 13.6. The van der Waals surface area contributed by atoms with Gasteiger partial charge in [-0.1, -0.05) is 0 Å². The van der Waals surface area contributed by atoms with E-state index < -0.39 is 9.84 Å². The van der Waals surface area contributed by atoms with Crippen molar-refractivity contribution in [3.63, 3.8) is 0 Å². The highest BCUT2D eigenvalue weighted by Gasteiger charge is 2.46. The van der Waals surface area contributed by atoms with Gasteiger partial charge < -0.3 is 14.4 Å². The number of hydrogen-bond acceptors (Lipinski definition) is 5. The largest absolute Gasteiger partial charge is 0.494 e. The number of hydrogen-bond donors (Lipinski definition) is 0. The van der Waals surface area contributed by atoms with E-state index in [-0.39, 0.29) is 12.2 Å². The summed E-state index contributed by atoms with van der Waals surface area (Å²) in [6.07, 6.45) is 12.6. The lowest BCUT2D eigenvalue weighted by Gasteiger charge is -2.52. The summed E-state index contributed by atoms with van der Waals surface area (Å²) >= 11 is 0. The van der Waals surface area contributed by atoms with Crippen LogP contribution in [0.25, 0.3) is 0 Å². The molecule has 1 aromatic carbocycles. The highest BCUT2D eigenvalue weighted by molar-refractivity contribution is 7.90. The Morgan fingerprint density at radius 2 is 1.74 bits per heavy atom. The minimum absolute atomic E-state index is 0.0978. The molecule has 2 saturated carbocycles. The molecule has 172 valence electrons. The van der Waals surface area contributed by atoms with Crippen molar-refractivity contribution in [2.45, 2.75) is 75.2 Å². The number of sulfone groups is 1. The first-order valence-electron chi connectivity index (χ1n) is 11.7. The zero-order valence-electron chi connectivity index (χ0n) is 18.6. The third-order valence-corrected chi connectivity index (χ3v) is 8.50. The monoisotopic (exact) mass is 449 g/mol. The Morgan fingerprint density at radius 1 is 1.10 bits per heavy atom. The number of nitrogens with zero attached hydrogens (tertiary/aromatic N) is 1. The standard InChI is InChI=1S/C24H35NO5S/c1-31(27,28)22-10-8-20(9-11-22)29-16-4-5-19-17-24(18-19)12-14-25(15-13-24)23(26)30-21-6-2-3-7-21/h8-11,19,21H,2-7,12-18H2,1H3. The molecule has 0 atom stereocenters. The summed E-state index contributed by atoms with van der Waals surface area (Å²) in [5, 5.41) is 0. The van der Waals surface area contributed by atoms with Gasteiger partial charge in [0.05, 0.1) is 11.5 Å². The fraction of sp³-hybridized carbons (Fsp3) is 0.708. The third-order valence-electron chi connectivity index (χ3n) is 7.37. The number of carbonyl (C=O) groups is 1. The Kier molecular flexibility index (Phi) is 6.80. The van der Waals surface area contributed by atoms with Crippen LogP contribution < -0.4 is 4.74 Å². The number of carbonyl (C=O) groups excluding carboxylic acids is 1. The highest BCUT2D eigenvalue weighted by atomic mass is 32.2. The molecule has 0 aromatic heterocycles. The zero-order chi connectivity index (χ0) is 21.9. The van der Waals surface area contributed by atoms with Crippen molar-refractivity contribution in [3.05, 3.63) is 24.3 Å². The van der Waals surface area contributed by atoms with Gasteiger partial charge in [-0.05, 0) is 99.8 Å². The molecule has 0 bridgehead atoms. The maximum Gasteiger partial charge on any atom is 0.410 e. The van der Waals surface area contributed by atoms with Crippen LogP contribution in [0.3, 0.4) is 0 Å². The number of likely N-dealkylation sites (tertiary alicyclic amines) is 1. The summed E-state index contributed by atoms with van der Waals surface area (Å²) < 4.78 is 34.4. The number of ether oxygens (including phenoxy) is 2. The Balaban J connectivity index is 1.10. The topological polar surface area (TPSA) is 72.9 Å². The van der Waals surface area contributed by atoms with Gasteiger partial charge in [0.25, 0.3) is 0 Å². The Hall–Kier alpha value is -1.76. The van der Waals surface area contributed by atoms with Gasteiger partial charge in [-0.2, -0.15) is 0 Å². The van der Waals surface area contributed by atoms with Gasteiger partial charge in [-0.3, -0.25) is 0 Å². The van der Waals surface area contributed by atoms with E-state index in [1.165, 1.54) is 31.9 Å².